The molecule has 1 heterocycles. The highest BCUT2D eigenvalue weighted by atomic mass is 32.2. The van der Waals surface area contributed by atoms with Crippen molar-refractivity contribution in [1.29, 1.82) is 0 Å². The summed E-state index contributed by atoms with van der Waals surface area (Å²) in [7, 11) is 1.61. The van der Waals surface area contributed by atoms with E-state index in [1.165, 1.54) is 11.8 Å². The summed E-state index contributed by atoms with van der Waals surface area (Å²) in [4.78, 5) is 13.5. The number of allylic oxidation sites excluding steroid dienone is 1. The molecule has 1 unspecified atom stereocenters. The third-order valence-corrected chi connectivity index (χ3v) is 6.15. The van der Waals surface area contributed by atoms with Crippen molar-refractivity contribution in [2.45, 2.75) is 29.6 Å². The van der Waals surface area contributed by atoms with Crippen LogP contribution in [0.1, 0.15) is 18.9 Å². The zero-order valence-electron chi connectivity index (χ0n) is 18.3. The van der Waals surface area contributed by atoms with Crippen LogP contribution in [0.25, 0.3) is 0 Å². The van der Waals surface area contributed by atoms with Crippen molar-refractivity contribution >= 4 is 35.1 Å². The Morgan fingerprint density at radius 1 is 1.22 bits per heavy atom. The van der Waals surface area contributed by atoms with Crippen LogP contribution in [-0.4, -0.2) is 39.8 Å². The first-order valence-corrected chi connectivity index (χ1v) is 12.2. The molecule has 9 heteroatoms. The van der Waals surface area contributed by atoms with Crippen molar-refractivity contribution < 1.29 is 14.3 Å². The maximum absolute atomic E-state index is 12.4. The molecule has 32 heavy (non-hydrogen) atoms. The number of ether oxygens (including phenoxy) is 2. The fourth-order valence-corrected chi connectivity index (χ4v) is 4.18. The van der Waals surface area contributed by atoms with Gasteiger partial charge in [0.1, 0.15) is 11.5 Å². The topological polar surface area (TPSA) is 78.3 Å². The molecule has 168 valence electrons. The summed E-state index contributed by atoms with van der Waals surface area (Å²) in [6, 6.07) is 15.1. The van der Waals surface area contributed by atoms with Crippen molar-refractivity contribution in [2.75, 3.05) is 24.4 Å². The molecule has 0 saturated heterocycles. The van der Waals surface area contributed by atoms with E-state index >= 15 is 0 Å². The number of nitrogens with zero attached hydrogens (tertiary/aromatic N) is 3. The van der Waals surface area contributed by atoms with Crippen LogP contribution in [0.4, 0.5) is 5.69 Å². The van der Waals surface area contributed by atoms with Crippen LogP contribution in [0.3, 0.4) is 0 Å². The maximum Gasteiger partial charge on any atom is 0.234 e. The summed E-state index contributed by atoms with van der Waals surface area (Å²) in [6.07, 6.45) is 3.41. The average Bonchev–Trinajstić information content (AvgIpc) is 3.21. The summed E-state index contributed by atoms with van der Waals surface area (Å²) in [6.45, 7) is 6.24. The molecule has 0 aliphatic carbocycles. The third kappa shape index (κ3) is 6.30. The van der Waals surface area contributed by atoms with Crippen LogP contribution in [0, 0.1) is 0 Å². The maximum atomic E-state index is 12.4. The molecule has 0 aliphatic rings. The van der Waals surface area contributed by atoms with Crippen LogP contribution < -0.4 is 14.8 Å². The highest BCUT2D eigenvalue weighted by molar-refractivity contribution is 7.99. The first-order valence-electron chi connectivity index (χ1n) is 9.95. The van der Waals surface area contributed by atoms with Crippen molar-refractivity contribution in [3.8, 4) is 11.5 Å². The Morgan fingerprint density at radius 3 is 2.75 bits per heavy atom. The van der Waals surface area contributed by atoms with E-state index in [4.69, 9.17) is 9.47 Å². The number of methoxy groups -OCH3 is 1. The number of carbonyl (C=O) groups excluding carboxylic acids is 1. The summed E-state index contributed by atoms with van der Waals surface area (Å²) in [5, 5.41) is 12.1. The lowest BCUT2D eigenvalue weighted by Gasteiger charge is -2.16. The van der Waals surface area contributed by atoms with Crippen molar-refractivity contribution in [2.24, 2.45) is 0 Å². The van der Waals surface area contributed by atoms with Gasteiger partial charge >= 0.3 is 0 Å². The van der Waals surface area contributed by atoms with E-state index < -0.39 is 0 Å². The molecule has 1 N–H and O–H groups in total. The number of anilines is 1. The largest absolute Gasteiger partial charge is 0.497 e. The van der Waals surface area contributed by atoms with Gasteiger partial charge in [0.05, 0.1) is 12.9 Å². The molecule has 7 nitrogen and oxygen atoms in total. The van der Waals surface area contributed by atoms with Gasteiger partial charge in [0.15, 0.2) is 17.1 Å². The predicted octanol–water partition coefficient (Wildman–Crippen LogP) is 5.07. The summed E-state index contributed by atoms with van der Waals surface area (Å²) >= 11 is 2.95. The molecular formula is C23H26N4O3S2. The van der Waals surface area contributed by atoms with Gasteiger partial charge in [-0.05, 0) is 43.5 Å². The Hall–Kier alpha value is -2.91. The number of carbonyl (C=O) groups is 1. The third-order valence-electron chi connectivity index (χ3n) is 4.46. The number of hydrogen-bond acceptors (Lipinski definition) is 7. The van der Waals surface area contributed by atoms with E-state index in [-0.39, 0.29) is 17.8 Å². The molecule has 0 fully saturated rings. The molecule has 0 aliphatic heterocycles. The lowest BCUT2D eigenvalue weighted by Crippen LogP contribution is -2.15. The lowest BCUT2D eigenvalue weighted by atomic mass is 10.3. The van der Waals surface area contributed by atoms with Crippen LogP contribution >= 0.6 is 23.5 Å². The number of nitrogens with one attached hydrogen (secondary N) is 1. The summed E-state index contributed by atoms with van der Waals surface area (Å²) in [5.41, 5.74) is 0.774. The van der Waals surface area contributed by atoms with E-state index in [0.717, 1.165) is 10.6 Å². The normalized spacial score (nSPS) is 11.6. The zero-order valence-corrected chi connectivity index (χ0v) is 19.9. The van der Waals surface area contributed by atoms with Gasteiger partial charge in [-0.15, -0.1) is 28.5 Å². The second kappa shape index (κ2) is 11.6. The second-order valence-electron chi connectivity index (χ2n) is 6.75. The molecule has 1 amide bonds. The first kappa shape index (κ1) is 23.7. The SMILES string of the molecule is C=CCn1c(SCC(=O)Nc2cccc(SC)c2)nnc1C(C)Oc1cccc(OC)c1. The zero-order chi connectivity index (χ0) is 22.9. The Bertz CT molecular complexity index is 1070. The quantitative estimate of drug-likeness (QED) is 0.310. The van der Waals surface area contributed by atoms with Gasteiger partial charge in [-0.3, -0.25) is 9.36 Å². The molecule has 3 aromatic rings. The lowest BCUT2D eigenvalue weighted by molar-refractivity contribution is -0.113. The molecule has 2 aromatic carbocycles. The van der Waals surface area contributed by atoms with E-state index in [9.17, 15) is 4.79 Å². The highest BCUT2D eigenvalue weighted by Gasteiger charge is 2.20. The van der Waals surface area contributed by atoms with E-state index in [2.05, 4.69) is 22.1 Å². The van der Waals surface area contributed by atoms with E-state index in [1.807, 2.05) is 66.3 Å². The Labute approximate surface area is 196 Å². The molecule has 0 saturated carbocycles. The fourth-order valence-electron chi connectivity index (χ4n) is 2.97. The molecule has 1 atom stereocenters. The van der Waals surface area contributed by atoms with Crippen LogP contribution in [-0.2, 0) is 11.3 Å². The predicted molar refractivity (Wildman–Crippen MR) is 130 cm³/mol. The van der Waals surface area contributed by atoms with Gasteiger partial charge in [0.2, 0.25) is 5.91 Å². The van der Waals surface area contributed by atoms with E-state index in [1.54, 1.807) is 24.9 Å². The van der Waals surface area contributed by atoms with Gasteiger partial charge < -0.3 is 14.8 Å². The van der Waals surface area contributed by atoms with Gasteiger partial charge in [-0.2, -0.15) is 0 Å². The van der Waals surface area contributed by atoms with Gasteiger partial charge in [-0.25, -0.2) is 0 Å². The Morgan fingerprint density at radius 2 is 2.00 bits per heavy atom. The Balaban J connectivity index is 1.66. The number of benzene rings is 2. The van der Waals surface area contributed by atoms with Crippen LogP contribution in [0.5, 0.6) is 11.5 Å². The monoisotopic (exact) mass is 470 g/mol. The van der Waals surface area contributed by atoms with E-state index in [0.29, 0.717) is 29.0 Å². The van der Waals surface area contributed by atoms with Gasteiger partial charge in [0, 0.05) is 23.2 Å². The average molecular weight is 471 g/mol. The summed E-state index contributed by atoms with van der Waals surface area (Å²) in [5.74, 6) is 2.15. The number of amides is 1. The number of thioether (sulfide) groups is 2. The summed E-state index contributed by atoms with van der Waals surface area (Å²) < 4.78 is 13.2. The minimum absolute atomic E-state index is 0.108. The van der Waals surface area contributed by atoms with Crippen LogP contribution in [0.2, 0.25) is 0 Å². The van der Waals surface area contributed by atoms with Gasteiger partial charge in [0.25, 0.3) is 0 Å². The van der Waals surface area contributed by atoms with Crippen molar-refractivity contribution in [3.05, 3.63) is 67.0 Å². The highest BCUT2D eigenvalue weighted by Crippen LogP contribution is 2.27. The molecule has 1 aromatic heterocycles. The standard InChI is InChI=1S/C23H26N4O3S2/c1-5-12-27-22(16(2)30-19-10-7-9-18(14-19)29-3)25-26-23(27)32-15-21(28)24-17-8-6-11-20(13-17)31-4/h5-11,13-14,16H,1,12,15H2,2-4H3,(H,24,28). The molecule has 3 rings (SSSR count). The minimum atomic E-state index is -0.355. The molecule has 0 radical (unpaired) electrons. The van der Waals surface area contributed by atoms with Crippen molar-refractivity contribution in [3.63, 3.8) is 0 Å². The second-order valence-corrected chi connectivity index (χ2v) is 8.57. The minimum Gasteiger partial charge on any atom is -0.497 e. The fraction of sp³-hybridized carbons (Fsp3) is 0.261. The number of hydrogen-bond donors (Lipinski definition) is 1. The number of aromatic nitrogens is 3. The van der Waals surface area contributed by atoms with Crippen LogP contribution in [0.15, 0.2) is 71.2 Å². The molecule has 0 spiro atoms. The van der Waals surface area contributed by atoms with Crippen molar-refractivity contribution in [1.82, 2.24) is 14.8 Å². The molecule has 0 bridgehead atoms. The first-order chi connectivity index (χ1) is 15.5. The molecular weight excluding hydrogens is 444 g/mol. The number of rotatable bonds is 11. The Kier molecular flexibility index (Phi) is 8.64. The smallest absolute Gasteiger partial charge is 0.234 e. The van der Waals surface area contributed by atoms with Gasteiger partial charge in [-0.1, -0.05) is 30.0 Å².